The molecule has 0 aliphatic carbocycles. The number of aryl methyl sites for hydroxylation is 1. The van der Waals surface area contributed by atoms with Crippen molar-refractivity contribution in [3.63, 3.8) is 0 Å². The Morgan fingerprint density at radius 1 is 1.40 bits per heavy atom. The van der Waals surface area contributed by atoms with Gasteiger partial charge in [-0.3, -0.25) is 0 Å². The summed E-state index contributed by atoms with van der Waals surface area (Å²) in [5.74, 6) is -1.13. The predicted octanol–water partition coefficient (Wildman–Crippen LogP) is 1.68. The second-order valence-corrected chi connectivity index (χ2v) is 4.45. The van der Waals surface area contributed by atoms with Crippen molar-refractivity contribution in [2.45, 2.75) is 6.42 Å². The topological polar surface area (TPSA) is 43.4 Å². The first-order valence-electron chi connectivity index (χ1n) is 4.17. The Kier molecular flexibility index (Phi) is 3.62. The highest BCUT2D eigenvalue weighted by molar-refractivity contribution is 7.86. The van der Waals surface area contributed by atoms with E-state index >= 15 is 0 Å². The molecule has 0 amide bonds. The van der Waals surface area contributed by atoms with Crippen LogP contribution in [0.3, 0.4) is 0 Å². The van der Waals surface area contributed by atoms with E-state index in [1.54, 1.807) is 0 Å². The van der Waals surface area contributed by atoms with Crippen molar-refractivity contribution in [1.29, 1.82) is 0 Å². The third-order valence-corrected chi connectivity index (χ3v) is 2.54. The SMILES string of the molecule is COc1cc(CCS(=O)(=O)F)ccc1F. The van der Waals surface area contributed by atoms with Gasteiger partial charge >= 0.3 is 10.2 Å². The highest BCUT2D eigenvalue weighted by atomic mass is 32.3. The molecule has 15 heavy (non-hydrogen) atoms. The van der Waals surface area contributed by atoms with Crippen molar-refractivity contribution in [3.05, 3.63) is 29.6 Å². The lowest BCUT2D eigenvalue weighted by molar-refractivity contribution is 0.386. The first-order valence-corrected chi connectivity index (χ1v) is 5.72. The van der Waals surface area contributed by atoms with E-state index < -0.39 is 21.8 Å². The Morgan fingerprint density at radius 3 is 2.60 bits per heavy atom. The number of ether oxygens (including phenoxy) is 1. The molecule has 0 spiro atoms. The van der Waals surface area contributed by atoms with Gasteiger partial charge in [-0.2, -0.15) is 8.42 Å². The number of benzene rings is 1. The minimum atomic E-state index is -4.49. The molecule has 0 radical (unpaired) electrons. The molecule has 1 rings (SSSR count). The molecular formula is C9H10F2O3S. The monoisotopic (exact) mass is 236 g/mol. The van der Waals surface area contributed by atoms with Crippen LogP contribution >= 0.6 is 0 Å². The fourth-order valence-electron chi connectivity index (χ4n) is 1.10. The maximum Gasteiger partial charge on any atom is 0.302 e. The number of hydrogen-bond donors (Lipinski definition) is 0. The second kappa shape index (κ2) is 4.57. The summed E-state index contributed by atoms with van der Waals surface area (Å²) in [6, 6.07) is 3.89. The molecule has 0 aliphatic heterocycles. The zero-order valence-corrected chi connectivity index (χ0v) is 8.85. The van der Waals surface area contributed by atoms with E-state index in [0.29, 0.717) is 5.56 Å². The third kappa shape index (κ3) is 3.83. The maximum absolute atomic E-state index is 12.9. The summed E-state index contributed by atoms with van der Waals surface area (Å²) >= 11 is 0. The van der Waals surface area contributed by atoms with Gasteiger partial charge in [0.05, 0.1) is 12.9 Å². The fourth-order valence-corrected chi connectivity index (χ4v) is 1.58. The molecule has 3 nitrogen and oxygen atoms in total. The first-order chi connectivity index (χ1) is 6.92. The van der Waals surface area contributed by atoms with Crippen LogP contribution in [0.4, 0.5) is 8.28 Å². The molecule has 0 aromatic heterocycles. The lowest BCUT2D eigenvalue weighted by atomic mass is 10.1. The van der Waals surface area contributed by atoms with Crippen molar-refractivity contribution >= 4 is 10.2 Å². The van der Waals surface area contributed by atoms with Gasteiger partial charge in [0.1, 0.15) is 0 Å². The molecule has 0 aliphatic rings. The number of methoxy groups -OCH3 is 1. The Bertz CT molecular complexity index is 443. The minimum Gasteiger partial charge on any atom is -0.494 e. The van der Waals surface area contributed by atoms with Gasteiger partial charge in [0.15, 0.2) is 11.6 Å². The van der Waals surface area contributed by atoms with E-state index in [1.165, 1.54) is 19.2 Å². The molecule has 0 atom stereocenters. The molecule has 0 saturated heterocycles. The minimum absolute atomic E-state index is 0.00449. The summed E-state index contributed by atoms with van der Waals surface area (Å²) in [6.45, 7) is 0. The van der Waals surface area contributed by atoms with Crippen LogP contribution < -0.4 is 4.74 Å². The van der Waals surface area contributed by atoms with Gasteiger partial charge in [-0.1, -0.05) is 6.07 Å². The van der Waals surface area contributed by atoms with Crippen molar-refractivity contribution < 1.29 is 21.4 Å². The molecule has 6 heteroatoms. The largest absolute Gasteiger partial charge is 0.494 e. The van der Waals surface area contributed by atoms with Crippen molar-refractivity contribution in [2.75, 3.05) is 12.9 Å². The van der Waals surface area contributed by atoms with Gasteiger partial charge < -0.3 is 4.74 Å². The molecule has 1 aromatic carbocycles. The summed E-state index contributed by atoms with van der Waals surface area (Å²) in [5, 5.41) is 0. The van der Waals surface area contributed by atoms with E-state index in [4.69, 9.17) is 4.74 Å². The van der Waals surface area contributed by atoms with Crippen LogP contribution in [0.2, 0.25) is 0 Å². The Balaban J connectivity index is 2.79. The highest BCUT2D eigenvalue weighted by Crippen LogP contribution is 2.18. The summed E-state index contributed by atoms with van der Waals surface area (Å²) in [7, 11) is -3.19. The Morgan fingerprint density at radius 2 is 2.07 bits per heavy atom. The number of hydrogen-bond acceptors (Lipinski definition) is 3. The third-order valence-electron chi connectivity index (χ3n) is 1.85. The quantitative estimate of drug-likeness (QED) is 0.747. The zero-order valence-electron chi connectivity index (χ0n) is 8.04. The van der Waals surface area contributed by atoms with E-state index in [9.17, 15) is 16.7 Å². The van der Waals surface area contributed by atoms with Gasteiger partial charge in [-0.25, -0.2) is 4.39 Å². The summed E-state index contributed by atoms with van der Waals surface area (Å²) in [5.41, 5.74) is 0.509. The van der Waals surface area contributed by atoms with Crippen LogP contribution in [0, 0.1) is 5.82 Å². The molecule has 1 aromatic rings. The van der Waals surface area contributed by atoms with Crippen LogP contribution in [0.1, 0.15) is 5.56 Å². The predicted molar refractivity (Wildman–Crippen MR) is 51.6 cm³/mol. The van der Waals surface area contributed by atoms with E-state index in [1.807, 2.05) is 0 Å². The van der Waals surface area contributed by atoms with Gasteiger partial charge in [0, 0.05) is 0 Å². The molecule has 0 heterocycles. The van der Waals surface area contributed by atoms with Crippen molar-refractivity contribution in [2.24, 2.45) is 0 Å². The first kappa shape index (κ1) is 11.9. The Hall–Kier alpha value is -1.17. The van der Waals surface area contributed by atoms with Gasteiger partial charge in [0.25, 0.3) is 0 Å². The lowest BCUT2D eigenvalue weighted by Gasteiger charge is -2.04. The fraction of sp³-hybridized carbons (Fsp3) is 0.333. The van der Waals surface area contributed by atoms with Crippen molar-refractivity contribution in [3.8, 4) is 5.75 Å². The van der Waals surface area contributed by atoms with E-state index in [2.05, 4.69) is 0 Å². The average molecular weight is 236 g/mol. The lowest BCUT2D eigenvalue weighted by Crippen LogP contribution is -2.02. The standard InChI is InChI=1S/C9H10F2O3S/c1-14-9-6-7(2-3-8(9)10)4-5-15(11,12)13/h2-3,6H,4-5H2,1H3. The molecule has 0 fully saturated rings. The smallest absolute Gasteiger partial charge is 0.302 e. The van der Waals surface area contributed by atoms with Crippen LogP contribution in [0.25, 0.3) is 0 Å². The Labute approximate surface area is 86.9 Å². The molecule has 0 bridgehead atoms. The number of rotatable bonds is 4. The van der Waals surface area contributed by atoms with Gasteiger partial charge in [0.2, 0.25) is 0 Å². The second-order valence-electron chi connectivity index (χ2n) is 2.96. The summed E-state index contributed by atoms with van der Waals surface area (Å²) in [6.07, 6.45) is -0.00449. The van der Waals surface area contributed by atoms with Crippen LogP contribution in [0.15, 0.2) is 18.2 Å². The van der Waals surface area contributed by atoms with Gasteiger partial charge in [-0.15, -0.1) is 3.89 Å². The molecule has 0 unspecified atom stereocenters. The van der Waals surface area contributed by atoms with E-state index in [0.717, 1.165) is 6.07 Å². The maximum atomic E-state index is 12.9. The van der Waals surface area contributed by atoms with Gasteiger partial charge in [-0.05, 0) is 24.1 Å². The normalized spacial score (nSPS) is 11.4. The molecular weight excluding hydrogens is 226 g/mol. The highest BCUT2D eigenvalue weighted by Gasteiger charge is 2.09. The summed E-state index contributed by atoms with van der Waals surface area (Å²) < 4.78 is 50.3. The van der Waals surface area contributed by atoms with Crippen LogP contribution in [-0.2, 0) is 16.6 Å². The molecule has 0 saturated carbocycles. The van der Waals surface area contributed by atoms with E-state index in [-0.39, 0.29) is 12.2 Å². The van der Waals surface area contributed by atoms with Crippen LogP contribution in [0.5, 0.6) is 5.75 Å². The number of halogens is 2. The average Bonchev–Trinajstić information content (AvgIpc) is 2.15. The van der Waals surface area contributed by atoms with Crippen molar-refractivity contribution in [1.82, 2.24) is 0 Å². The van der Waals surface area contributed by atoms with Crippen LogP contribution in [-0.4, -0.2) is 21.3 Å². The zero-order chi connectivity index (χ0) is 11.5. The summed E-state index contributed by atoms with van der Waals surface area (Å²) in [4.78, 5) is 0. The molecule has 0 N–H and O–H groups in total. The molecule has 84 valence electrons.